The molecule has 0 radical (unpaired) electrons. The number of carboxylic acids is 1. The van der Waals surface area contributed by atoms with Crippen molar-refractivity contribution in [3.8, 4) is 10.7 Å². The lowest BCUT2D eigenvalue weighted by atomic mass is 9.34. The van der Waals surface area contributed by atoms with E-state index in [1.165, 1.54) is 5.57 Å². The van der Waals surface area contributed by atoms with Crippen molar-refractivity contribution < 1.29 is 19.4 Å². The molecule has 1 saturated heterocycles. The number of nitrogens with zero attached hydrogens (tertiary/aromatic N) is 4. The molecule has 3 N–H and O–H groups in total. The number of thiazole rings is 1. The molecule has 2 aromatic heterocycles. The Morgan fingerprint density at radius 2 is 1.83 bits per heavy atom. The molecule has 3 heterocycles. The summed E-state index contributed by atoms with van der Waals surface area (Å²) in [6.45, 7) is 26.6. The third-order valence-electron chi connectivity index (χ3n) is 16.9. The topological polar surface area (TPSA) is 125 Å². The molecule has 2 bridgehead atoms. The van der Waals surface area contributed by atoms with Crippen LogP contribution in [0.4, 0.5) is 0 Å². The van der Waals surface area contributed by atoms with Crippen LogP contribution in [0.25, 0.3) is 10.7 Å². The minimum Gasteiger partial charge on any atom is -0.481 e. The predicted molar refractivity (Wildman–Crippen MR) is 213 cm³/mol. The van der Waals surface area contributed by atoms with E-state index in [1.54, 1.807) is 17.7 Å². The second-order valence-electron chi connectivity index (χ2n) is 20.6. The van der Waals surface area contributed by atoms with Gasteiger partial charge in [-0.15, -0.1) is 11.3 Å². The van der Waals surface area contributed by atoms with Crippen molar-refractivity contribution in [2.24, 2.45) is 67.8 Å². The zero-order valence-corrected chi connectivity index (χ0v) is 36.4. The summed E-state index contributed by atoms with van der Waals surface area (Å²) in [5, 5.41) is 16.2. The number of rotatable bonds is 8. The zero-order valence-electron chi connectivity index (χ0n) is 34.0. The molecule has 5 aliphatic rings. The Labute approximate surface area is 329 Å². The third-order valence-corrected chi connectivity index (χ3v) is 18.3. The molecular formula is C42H64BrN5O4S. The summed E-state index contributed by atoms with van der Waals surface area (Å²) < 4.78 is 17.2. The summed E-state index contributed by atoms with van der Waals surface area (Å²) in [6, 6.07) is -0.122. The number of carboxylic acid groups (broad SMARTS) is 1. The first-order valence-electron chi connectivity index (χ1n) is 20.0. The highest BCUT2D eigenvalue weighted by Crippen LogP contribution is 2.75. The summed E-state index contributed by atoms with van der Waals surface area (Å²) in [7, 11) is 0. The highest BCUT2D eigenvalue weighted by atomic mass is 79.9. The Kier molecular flexibility index (Phi) is 9.66. The molecule has 4 aliphatic carbocycles. The van der Waals surface area contributed by atoms with Crippen molar-refractivity contribution in [3.63, 3.8) is 0 Å². The molecule has 4 fully saturated rings. The number of allylic oxidation sites excluding steroid dienone is 1. The number of halogens is 1. The van der Waals surface area contributed by atoms with Gasteiger partial charge in [0, 0.05) is 11.0 Å². The first-order chi connectivity index (χ1) is 24.6. The Bertz CT molecular complexity index is 1770. The van der Waals surface area contributed by atoms with Crippen molar-refractivity contribution in [1.29, 1.82) is 0 Å². The maximum atomic E-state index is 13.6. The quantitative estimate of drug-likeness (QED) is 0.253. The van der Waals surface area contributed by atoms with Gasteiger partial charge in [0.1, 0.15) is 6.33 Å². The number of carbonyl (C=O) groups is 1. The van der Waals surface area contributed by atoms with Crippen molar-refractivity contribution in [2.75, 3.05) is 19.8 Å². The van der Waals surface area contributed by atoms with Gasteiger partial charge in [0.15, 0.2) is 9.74 Å². The standard InChI is InChI=1S/C42H64BrN5O4S/c1-24(2)25(3)38(8)16-17-39(9)26-12-13-30-37(7)18-28(48-33(46-23-47-48)29-19-45-35(43)53-29)32(52-21-41(11,44)36(4,5)6)42(30,22-51-20-37)27(26)14-15-40(39,10)31(38)34(49)50/h14,19,23-26,28,30-32H,12-13,15-18,20-22,44H2,1-11H3,(H,49,50)/t25-,26+,28-,30-,31-,32+,37-,38-,39-,40+,41+,42+/m1/s1. The first kappa shape index (κ1) is 39.6. The molecule has 53 heavy (non-hydrogen) atoms. The van der Waals surface area contributed by atoms with Gasteiger partial charge >= 0.3 is 5.97 Å². The van der Waals surface area contributed by atoms with Crippen LogP contribution in [-0.2, 0) is 14.3 Å². The molecule has 0 amide bonds. The fourth-order valence-electron chi connectivity index (χ4n) is 12.6. The molecule has 0 unspecified atom stereocenters. The van der Waals surface area contributed by atoms with Crippen molar-refractivity contribution in [2.45, 2.75) is 132 Å². The molecular weight excluding hydrogens is 750 g/mol. The predicted octanol–water partition coefficient (Wildman–Crippen LogP) is 9.44. The highest BCUT2D eigenvalue weighted by molar-refractivity contribution is 9.11. The van der Waals surface area contributed by atoms with Crippen molar-refractivity contribution in [3.05, 3.63) is 28.1 Å². The van der Waals surface area contributed by atoms with E-state index in [0.717, 1.165) is 53.1 Å². The van der Waals surface area contributed by atoms with Gasteiger partial charge < -0.3 is 20.3 Å². The van der Waals surface area contributed by atoms with Crippen LogP contribution in [0.1, 0.15) is 121 Å². The molecule has 2 aromatic rings. The molecule has 3 saturated carbocycles. The Morgan fingerprint density at radius 1 is 1.11 bits per heavy atom. The van der Waals surface area contributed by atoms with Crippen LogP contribution in [-0.4, -0.2) is 62.3 Å². The average Bonchev–Trinajstić information content (AvgIpc) is 3.72. The van der Waals surface area contributed by atoms with E-state index in [0.29, 0.717) is 37.6 Å². The number of nitrogens with two attached hydrogens (primary N) is 1. The van der Waals surface area contributed by atoms with Gasteiger partial charge in [-0.05, 0) is 112 Å². The maximum Gasteiger partial charge on any atom is 0.307 e. The lowest BCUT2D eigenvalue weighted by molar-refractivity contribution is -0.255. The van der Waals surface area contributed by atoms with Crippen LogP contribution in [0, 0.1) is 62.1 Å². The maximum absolute atomic E-state index is 13.6. The van der Waals surface area contributed by atoms with Crippen molar-refractivity contribution >= 4 is 33.2 Å². The fourth-order valence-corrected chi connectivity index (χ4v) is 13.9. The van der Waals surface area contributed by atoms with Gasteiger partial charge in [0.05, 0.1) is 49.0 Å². The number of hydrogen-bond donors (Lipinski definition) is 2. The molecule has 294 valence electrons. The molecule has 9 nitrogen and oxygen atoms in total. The normalized spacial score (nSPS) is 41.5. The SMILES string of the molecule is CC(C)[C@@H](C)[C@@]1(C)CC[C@]2(C)[C@H]3CC[C@@H]4[C@@]5(C)COC[C@@]4(C3=CC[C@@]2(C)[C@@H]1C(=O)O)[C@@H](OC[C@](C)(N)C(C)(C)C)[C@H](n1ncnc1-c1cnc(Br)s1)C5. The summed E-state index contributed by atoms with van der Waals surface area (Å²) >= 11 is 5.13. The summed E-state index contributed by atoms with van der Waals surface area (Å²) in [5.74, 6) is 0.972. The molecule has 0 spiro atoms. The molecule has 1 aliphatic heterocycles. The second kappa shape index (κ2) is 12.9. The molecule has 0 aromatic carbocycles. The van der Waals surface area contributed by atoms with E-state index in [1.807, 2.05) is 6.20 Å². The largest absolute Gasteiger partial charge is 0.481 e. The second-order valence-corrected chi connectivity index (χ2v) is 22.9. The Hall–Kier alpha value is -1.66. The van der Waals surface area contributed by atoms with Crippen molar-refractivity contribution in [1.82, 2.24) is 19.7 Å². The van der Waals surface area contributed by atoms with Crippen LogP contribution in [0.15, 0.2) is 28.1 Å². The van der Waals surface area contributed by atoms with Crippen LogP contribution in [0.2, 0.25) is 0 Å². The van der Waals surface area contributed by atoms with Gasteiger partial charge in [-0.2, -0.15) is 5.10 Å². The minimum atomic E-state index is -0.637. The number of aromatic nitrogens is 4. The van der Waals surface area contributed by atoms with E-state index in [2.05, 4.69) is 108 Å². The van der Waals surface area contributed by atoms with Gasteiger partial charge in [-0.1, -0.05) is 80.9 Å². The van der Waals surface area contributed by atoms with Gasteiger partial charge in [-0.3, -0.25) is 4.79 Å². The lowest BCUT2D eigenvalue weighted by Gasteiger charge is -2.71. The summed E-state index contributed by atoms with van der Waals surface area (Å²) in [5.41, 5.74) is 6.31. The summed E-state index contributed by atoms with van der Waals surface area (Å²) in [4.78, 5) is 23.9. The van der Waals surface area contributed by atoms with E-state index in [4.69, 9.17) is 25.3 Å². The third kappa shape index (κ3) is 5.65. The monoisotopic (exact) mass is 813 g/mol. The molecule has 12 atom stereocenters. The van der Waals surface area contributed by atoms with Gasteiger partial charge in [0.2, 0.25) is 0 Å². The molecule has 7 rings (SSSR count). The first-order valence-corrected chi connectivity index (χ1v) is 21.6. The molecule has 11 heteroatoms. The number of hydrogen-bond acceptors (Lipinski definition) is 8. The van der Waals surface area contributed by atoms with E-state index in [-0.39, 0.29) is 39.7 Å². The summed E-state index contributed by atoms with van der Waals surface area (Å²) in [6.07, 6.45) is 11.4. The van der Waals surface area contributed by atoms with Crippen LogP contribution < -0.4 is 5.73 Å². The van der Waals surface area contributed by atoms with Crippen LogP contribution in [0.5, 0.6) is 0 Å². The zero-order chi connectivity index (χ0) is 38.7. The van der Waals surface area contributed by atoms with Crippen LogP contribution in [0.3, 0.4) is 0 Å². The number of aliphatic carboxylic acids is 1. The fraction of sp³-hybridized carbons (Fsp3) is 0.810. The lowest BCUT2D eigenvalue weighted by Crippen LogP contribution is -2.70. The van der Waals surface area contributed by atoms with E-state index < -0.39 is 28.3 Å². The average molecular weight is 815 g/mol. The number of ether oxygens (including phenoxy) is 2. The van der Waals surface area contributed by atoms with E-state index >= 15 is 0 Å². The highest BCUT2D eigenvalue weighted by Gasteiger charge is 2.73. The smallest absolute Gasteiger partial charge is 0.307 e. The van der Waals surface area contributed by atoms with E-state index in [9.17, 15) is 9.90 Å². The van der Waals surface area contributed by atoms with Gasteiger partial charge in [-0.25, -0.2) is 14.6 Å². The van der Waals surface area contributed by atoms with Gasteiger partial charge in [0.25, 0.3) is 0 Å². The Balaban J connectivity index is 1.40. The number of fused-ring (bicyclic) bond motifs is 3. The minimum absolute atomic E-state index is 0.120. The van der Waals surface area contributed by atoms with Crippen LogP contribution >= 0.6 is 27.3 Å². The Morgan fingerprint density at radius 3 is 2.45 bits per heavy atom.